The first-order chi connectivity index (χ1) is 10.4. The fourth-order valence-electron chi connectivity index (χ4n) is 3.44. The maximum absolute atomic E-state index is 13.0. The highest BCUT2D eigenvalue weighted by Crippen LogP contribution is 2.40. The van der Waals surface area contributed by atoms with Gasteiger partial charge in [0, 0.05) is 30.5 Å². The number of carbonyl (C=O) groups excluding carboxylic acids is 2. The van der Waals surface area contributed by atoms with Gasteiger partial charge in [-0.25, -0.2) is 0 Å². The van der Waals surface area contributed by atoms with Crippen LogP contribution in [0.4, 0.5) is 0 Å². The Morgan fingerprint density at radius 1 is 1.05 bits per heavy atom. The van der Waals surface area contributed by atoms with Gasteiger partial charge in [0.15, 0.2) is 5.78 Å². The topological polar surface area (TPSA) is 42.3 Å². The van der Waals surface area contributed by atoms with E-state index in [1.165, 1.54) is 0 Å². The highest BCUT2D eigenvalue weighted by atomic mass is 16.2. The normalized spacial score (nSPS) is 14.2. The minimum Gasteiger partial charge on any atom is -0.345 e. The van der Waals surface area contributed by atoms with Gasteiger partial charge in [0.2, 0.25) is 0 Å². The van der Waals surface area contributed by atoms with Crippen molar-refractivity contribution in [3.05, 3.63) is 22.5 Å². The van der Waals surface area contributed by atoms with Crippen LogP contribution in [-0.4, -0.2) is 34.2 Å². The SMILES string of the molecule is CCCN(CCC)C(=O)c1c(C(C)=O)c(C)n(C2CC2)c1C. The molecule has 1 aromatic heterocycles. The third-order valence-electron chi connectivity index (χ3n) is 4.45. The third kappa shape index (κ3) is 2.96. The zero-order chi connectivity index (χ0) is 16.4. The van der Waals surface area contributed by atoms with Crippen LogP contribution in [0.3, 0.4) is 0 Å². The lowest BCUT2D eigenvalue weighted by molar-refractivity contribution is 0.0750. The second-order valence-electron chi connectivity index (χ2n) is 6.37. The molecule has 1 amide bonds. The molecule has 0 N–H and O–H groups in total. The van der Waals surface area contributed by atoms with Crippen molar-refractivity contribution in [1.29, 1.82) is 0 Å². The van der Waals surface area contributed by atoms with Crippen LogP contribution in [0.25, 0.3) is 0 Å². The van der Waals surface area contributed by atoms with Crippen molar-refractivity contribution in [1.82, 2.24) is 9.47 Å². The molecule has 0 aromatic carbocycles. The zero-order valence-electron chi connectivity index (χ0n) is 14.5. The summed E-state index contributed by atoms with van der Waals surface area (Å²) in [7, 11) is 0. The predicted molar refractivity (Wildman–Crippen MR) is 88.7 cm³/mol. The van der Waals surface area contributed by atoms with Gasteiger partial charge in [-0.15, -0.1) is 0 Å². The molecule has 1 aliphatic carbocycles. The molecule has 22 heavy (non-hydrogen) atoms. The minimum atomic E-state index is -0.00343. The summed E-state index contributed by atoms with van der Waals surface area (Å²) in [6.45, 7) is 11.2. The Morgan fingerprint density at radius 2 is 1.55 bits per heavy atom. The van der Waals surface area contributed by atoms with Gasteiger partial charge in [-0.2, -0.15) is 0 Å². The summed E-state index contributed by atoms with van der Waals surface area (Å²) in [5, 5.41) is 0. The van der Waals surface area contributed by atoms with Crippen molar-refractivity contribution in [3.63, 3.8) is 0 Å². The smallest absolute Gasteiger partial charge is 0.256 e. The van der Waals surface area contributed by atoms with Gasteiger partial charge in [-0.05, 0) is 46.5 Å². The van der Waals surface area contributed by atoms with Crippen molar-refractivity contribution < 1.29 is 9.59 Å². The van der Waals surface area contributed by atoms with Gasteiger partial charge in [0.05, 0.1) is 11.1 Å². The molecule has 0 spiro atoms. The van der Waals surface area contributed by atoms with Crippen LogP contribution in [0.2, 0.25) is 0 Å². The Balaban J connectivity index is 2.50. The lowest BCUT2D eigenvalue weighted by atomic mass is 10.0. The van der Waals surface area contributed by atoms with Crippen LogP contribution in [-0.2, 0) is 0 Å². The number of aromatic nitrogens is 1. The molecular formula is C18H28N2O2. The Kier molecular flexibility index (Phi) is 5.09. The maximum Gasteiger partial charge on any atom is 0.256 e. The Hall–Kier alpha value is -1.58. The fourth-order valence-corrected chi connectivity index (χ4v) is 3.44. The van der Waals surface area contributed by atoms with Crippen LogP contribution < -0.4 is 0 Å². The summed E-state index contributed by atoms with van der Waals surface area (Å²) in [6, 6.07) is 0.477. The van der Waals surface area contributed by atoms with E-state index in [1.807, 2.05) is 18.7 Å². The summed E-state index contributed by atoms with van der Waals surface area (Å²) in [5.41, 5.74) is 3.20. The number of hydrogen-bond acceptors (Lipinski definition) is 2. The van der Waals surface area contributed by atoms with E-state index in [9.17, 15) is 9.59 Å². The van der Waals surface area contributed by atoms with E-state index in [-0.39, 0.29) is 11.7 Å². The summed E-state index contributed by atoms with van der Waals surface area (Å²) in [5.74, 6) is 0.0187. The number of nitrogens with zero attached hydrogens (tertiary/aromatic N) is 2. The van der Waals surface area contributed by atoms with Gasteiger partial charge in [0.1, 0.15) is 0 Å². The van der Waals surface area contributed by atoms with E-state index in [2.05, 4.69) is 18.4 Å². The molecule has 2 rings (SSSR count). The molecule has 1 saturated carbocycles. The monoisotopic (exact) mass is 304 g/mol. The number of ketones is 1. The predicted octanol–water partition coefficient (Wildman–Crippen LogP) is 3.90. The maximum atomic E-state index is 13.0. The largest absolute Gasteiger partial charge is 0.345 e. The van der Waals surface area contributed by atoms with Gasteiger partial charge >= 0.3 is 0 Å². The van der Waals surface area contributed by atoms with E-state index >= 15 is 0 Å². The average Bonchev–Trinajstić information content (AvgIpc) is 3.24. The van der Waals surface area contributed by atoms with Crippen LogP contribution in [0.1, 0.15) is 84.6 Å². The zero-order valence-corrected chi connectivity index (χ0v) is 14.5. The lowest BCUT2D eigenvalue weighted by Crippen LogP contribution is -2.33. The van der Waals surface area contributed by atoms with Crippen LogP contribution in [0, 0.1) is 13.8 Å². The number of amides is 1. The number of Topliss-reactive ketones (excluding diaryl/α,β-unsaturated/α-hetero) is 1. The van der Waals surface area contributed by atoms with E-state index in [1.54, 1.807) is 6.92 Å². The molecule has 1 heterocycles. The van der Waals surface area contributed by atoms with Gasteiger partial charge in [0.25, 0.3) is 5.91 Å². The highest BCUT2D eigenvalue weighted by Gasteiger charge is 2.34. The fraction of sp³-hybridized carbons (Fsp3) is 0.667. The number of carbonyl (C=O) groups is 2. The second kappa shape index (κ2) is 6.67. The molecule has 0 radical (unpaired) electrons. The average molecular weight is 304 g/mol. The molecule has 0 saturated heterocycles. The van der Waals surface area contributed by atoms with Gasteiger partial charge in [-0.3, -0.25) is 9.59 Å². The van der Waals surface area contributed by atoms with Crippen molar-refractivity contribution in [2.24, 2.45) is 0 Å². The molecule has 1 fully saturated rings. The molecule has 122 valence electrons. The van der Waals surface area contributed by atoms with E-state index in [4.69, 9.17) is 0 Å². The first-order valence-electron chi connectivity index (χ1n) is 8.45. The summed E-state index contributed by atoms with van der Waals surface area (Å²) < 4.78 is 2.21. The van der Waals surface area contributed by atoms with E-state index < -0.39 is 0 Å². The third-order valence-corrected chi connectivity index (χ3v) is 4.45. The van der Waals surface area contributed by atoms with Crippen molar-refractivity contribution in [2.45, 2.75) is 66.3 Å². The van der Waals surface area contributed by atoms with E-state index in [0.717, 1.165) is 50.2 Å². The van der Waals surface area contributed by atoms with Crippen LogP contribution in [0.15, 0.2) is 0 Å². The molecule has 0 aliphatic heterocycles. The molecule has 1 aromatic rings. The first-order valence-corrected chi connectivity index (χ1v) is 8.45. The number of rotatable bonds is 7. The minimum absolute atomic E-state index is 0.00343. The molecule has 0 bridgehead atoms. The van der Waals surface area contributed by atoms with Crippen LogP contribution in [0.5, 0.6) is 0 Å². The summed E-state index contributed by atoms with van der Waals surface area (Å²) in [4.78, 5) is 27.1. The van der Waals surface area contributed by atoms with E-state index in [0.29, 0.717) is 17.2 Å². The standard InChI is InChI=1S/C18H28N2O2/c1-6-10-19(11-7-2)18(22)17-13(4)20(15-8-9-15)12(3)16(17)14(5)21/h15H,6-11H2,1-5H3. The Morgan fingerprint density at radius 3 is 1.95 bits per heavy atom. The van der Waals surface area contributed by atoms with Gasteiger partial charge < -0.3 is 9.47 Å². The highest BCUT2D eigenvalue weighted by molar-refractivity contribution is 6.09. The lowest BCUT2D eigenvalue weighted by Gasteiger charge is -2.22. The van der Waals surface area contributed by atoms with Crippen molar-refractivity contribution >= 4 is 11.7 Å². The molecule has 0 atom stereocenters. The van der Waals surface area contributed by atoms with Gasteiger partial charge in [-0.1, -0.05) is 13.8 Å². The van der Waals surface area contributed by atoms with Crippen molar-refractivity contribution in [3.8, 4) is 0 Å². The Bertz CT molecular complexity index is 576. The summed E-state index contributed by atoms with van der Waals surface area (Å²) in [6.07, 6.45) is 4.16. The quantitative estimate of drug-likeness (QED) is 0.717. The molecule has 0 unspecified atom stereocenters. The molecule has 4 nitrogen and oxygen atoms in total. The van der Waals surface area contributed by atoms with Crippen molar-refractivity contribution in [2.75, 3.05) is 13.1 Å². The Labute approximate surface area is 133 Å². The number of hydrogen-bond donors (Lipinski definition) is 0. The van der Waals surface area contributed by atoms with Crippen LogP contribution >= 0.6 is 0 Å². The summed E-state index contributed by atoms with van der Waals surface area (Å²) >= 11 is 0. The molecular weight excluding hydrogens is 276 g/mol. The first kappa shape index (κ1) is 16.8. The second-order valence-corrected chi connectivity index (χ2v) is 6.37. The molecule has 4 heteroatoms. The molecule has 1 aliphatic rings.